The van der Waals surface area contributed by atoms with Crippen molar-refractivity contribution < 1.29 is 22.1 Å². The molecule has 1 aliphatic carbocycles. The molecule has 9 aromatic carbocycles. The monoisotopic (exact) mass is 1570 g/mol. The standard InChI is InChI=1S/C20H22.C19H27N.C19H21N.C17H19FO2.C17H24N2.C16H18O2/c1-13(2)15-5-7-17-12-20-10-16(14(3)4)6-8-18(20)11-19(17)9-15;1-13(2)17-11-18-9-15-5-7-20(14(3)4)8-6-16(15)10-19(18)12-17;1-12(2)14-7-8-18-17(9-14)10-16-6-5-15(13(3)4)11-19(16)20-18;1-8(2)16-10(5)11-6-14-12(7-13(11)19-16)15(18)17(20-14)9(3)4;1-11(2)16-8-14-7-13-5-6-19(12(3)4)10-15(13)9-17(14)18-16;1-9(2)13-5-11-7-16-12(8-15(11)17-13)6-14(18-16)10(3)4/h5-14H,1-4H3;9-11,13-14H,5-8,12H2,1-4H3;5-13H,1-4H3;6-9H,1-5H3;7-9,11-12,18H,5-6,10H2,1-4H3;5-10H,1-4H3. The number of H-pyrrole nitrogens is 1. The summed E-state index contributed by atoms with van der Waals surface area (Å²) in [6.45, 7) is 59.5. The van der Waals surface area contributed by atoms with Crippen LogP contribution in [0.4, 0.5) is 4.39 Å². The minimum absolute atomic E-state index is 0.0287. The maximum absolute atomic E-state index is 14.3. The molecule has 0 bridgehead atoms. The molecule has 0 spiro atoms. The van der Waals surface area contributed by atoms with Gasteiger partial charge in [0.25, 0.3) is 0 Å². The first-order valence-corrected chi connectivity index (χ1v) is 44.0. The van der Waals surface area contributed by atoms with E-state index in [9.17, 15) is 4.39 Å². The number of nitrogens with zero attached hydrogens (tertiary/aromatic N) is 3. The smallest absolute Gasteiger partial charge is 0.172 e. The van der Waals surface area contributed by atoms with Gasteiger partial charge in [-0.3, -0.25) is 4.90 Å². The maximum Gasteiger partial charge on any atom is 0.172 e. The summed E-state index contributed by atoms with van der Waals surface area (Å²) in [4.78, 5) is 13.6. The lowest BCUT2D eigenvalue weighted by Gasteiger charge is -2.31. The molecule has 6 aromatic heterocycles. The molecule has 0 atom stereocenters. The molecule has 0 fully saturated rings. The zero-order chi connectivity index (χ0) is 83.9. The Morgan fingerprint density at radius 2 is 0.821 bits per heavy atom. The summed E-state index contributed by atoms with van der Waals surface area (Å²) < 4.78 is 37.6. The van der Waals surface area contributed by atoms with Gasteiger partial charge in [-0.1, -0.05) is 217 Å². The van der Waals surface area contributed by atoms with Gasteiger partial charge in [-0.25, -0.2) is 9.37 Å². The molecule has 2 aliphatic heterocycles. The fraction of sp³-hybridized carbons (Fsp3) is 0.417. The molecule has 9 heteroatoms. The fourth-order valence-corrected chi connectivity index (χ4v) is 16.8. The molecule has 3 aliphatic rings. The van der Waals surface area contributed by atoms with Crippen LogP contribution in [-0.4, -0.2) is 51.5 Å². The molecule has 8 nitrogen and oxygen atoms in total. The number of benzene rings is 9. The highest BCUT2D eigenvalue weighted by Crippen LogP contribution is 2.40. The second-order valence-corrected chi connectivity index (χ2v) is 37.5. The lowest BCUT2D eigenvalue weighted by molar-refractivity contribution is 0.203. The zero-order valence-electron chi connectivity index (χ0n) is 75.0. The summed E-state index contributed by atoms with van der Waals surface area (Å²) in [7, 11) is 0. The number of fused-ring (bicyclic) bond motifs is 12. The van der Waals surface area contributed by atoms with E-state index in [0.717, 1.165) is 73.3 Å². The lowest BCUT2D eigenvalue weighted by Crippen LogP contribution is -2.35. The van der Waals surface area contributed by atoms with Crippen molar-refractivity contribution >= 4 is 104 Å². The highest BCUT2D eigenvalue weighted by molar-refractivity contribution is 6.00. The van der Waals surface area contributed by atoms with E-state index in [4.69, 9.17) is 22.7 Å². The van der Waals surface area contributed by atoms with E-state index in [1.807, 2.05) is 26.8 Å². The van der Waals surface area contributed by atoms with E-state index in [2.05, 4.69) is 319 Å². The molecule has 614 valence electrons. The average molecular weight is 1570 g/mol. The lowest BCUT2D eigenvalue weighted by atomic mass is 9.95. The first kappa shape index (κ1) is 85.3. The second kappa shape index (κ2) is 36.0. The Hall–Kier alpha value is -9.54. The van der Waals surface area contributed by atoms with Gasteiger partial charge in [0.05, 0.1) is 16.4 Å². The SMILES string of the molecule is CC(C)C1=Cc2cc3c(cc2C1)CCN(C(C)C)CC3.CC(C)c1cc2cc3c(cc2[nH]1)CN(C(C)C)CC3.CC(C)c1cc2cc3oc(C(C)C)cc3cc2o1.CC(C)c1ccc2cc3cc(C(C)C)ccc3cc2c1.CC(C)c1ccc2nc3cc(C(C)C)ccc3cc2c1.Cc1c(C(C)C)oc2cc3c(F)c(C(C)C)oc3cc12. The number of halogens is 1. The topological polar surface area (TPSA) is 87.7 Å². The molecule has 8 heterocycles. The molecule has 0 saturated carbocycles. The number of hydrogen-bond acceptors (Lipinski definition) is 7. The minimum atomic E-state index is -0.267. The van der Waals surface area contributed by atoms with E-state index in [0.29, 0.717) is 82.1 Å². The van der Waals surface area contributed by atoms with Gasteiger partial charge in [-0.15, -0.1) is 0 Å². The molecule has 0 amide bonds. The van der Waals surface area contributed by atoms with Crippen LogP contribution in [-0.2, 0) is 32.2 Å². The third kappa shape index (κ3) is 19.3. The number of nitrogens with one attached hydrogen (secondary N) is 1. The van der Waals surface area contributed by atoms with Crippen molar-refractivity contribution in [2.45, 2.75) is 271 Å². The number of aromatic nitrogens is 2. The highest BCUT2D eigenvalue weighted by Gasteiger charge is 2.25. The molecule has 0 saturated heterocycles. The van der Waals surface area contributed by atoms with Crippen LogP contribution in [0.15, 0.2) is 181 Å². The van der Waals surface area contributed by atoms with Crippen LogP contribution in [0.5, 0.6) is 0 Å². The van der Waals surface area contributed by atoms with E-state index in [1.165, 1.54) is 128 Å². The van der Waals surface area contributed by atoms with Gasteiger partial charge in [0.2, 0.25) is 0 Å². The molecule has 1 N–H and O–H groups in total. The first-order valence-electron chi connectivity index (χ1n) is 44.0. The summed E-state index contributed by atoms with van der Waals surface area (Å²) in [5.74, 6) is 7.83. The van der Waals surface area contributed by atoms with Crippen LogP contribution in [0.25, 0.3) is 104 Å². The van der Waals surface area contributed by atoms with Crippen LogP contribution >= 0.6 is 0 Å². The fourth-order valence-electron chi connectivity index (χ4n) is 16.8. The van der Waals surface area contributed by atoms with Crippen molar-refractivity contribution in [3.8, 4) is 0 Å². The second-order valence-electron chi connectivity index (χ2n) is 37.5. The molecule has 18 rings (SSSR count). The van der Waals surface area contributed by atoms with Crippen LogP contribution < -0.4 is 0 Å². The number of allylic oxidation sites excluding steroid dienone is 1. The van der Waals surface area contributed by atoms with Crippen LogP contribution in [0.2, 0.25) is 0 Å². The highest BCUT2D eigenvalue weighted by atomic mass is 19.1. The Balaban J connectivity index is 0.000000122. The molecular formula is C108H131FN4O4. The van der Waals surface area contributed by atoms with Crippen molar-refractivity contribution in [1.29, 1.82) is 0 Å². The predicted molar refractivity (Wildman–Crippen MR) is 499 cm³/mol. The molecular weight excluding hydrogens is 1440 g/mol. The van der Waals surface area contributed by atoms with E-state index >= 15 is 0 Å². The van der Waals surface area contributed by atoms with Crippen molar-refractivity contribution in [2.24, 2.45) is 5.92 Å². The predicted octanol–water partition coefficient (Wildman–Crippen LogP) is 31.3. The molecule has 0 radical (unpaired) electrons. The number of rotatable bonds is 12. The van der Waals surface area contributed by atoms with E-state index in [-0.39, 0.29) is 11.7 Å². The molecule has 117 heavy (non-hydrogen) atoms. The van der Waals surface area contributed by atoms with E-state index < -0.39 is 0 Å². The van der Waals surface area contributed by atoms with Crippen molar-refractivity contribution in [3.05, 3.63) is 259 Å². The first-order chi connectivity index (χ1) is 55.6. The Morgan fingerprint density at radius 3 is 1.34 bits per heavy atom. The number of aromatic amines is 1. The summed E-state index contributed by atoms with van der Waals surface area (Å²) >= 11 is 0. The number of pyridine rings is 1. The van der Waals surface area contributed by atoms with Crippen molar-refractivity contribution in [3.63, 3.8) is 0 Å². The van der Waals surface area contributed by atoms with Gasteiger partial charge in [0, 0.05) is 100 Å². The van der Waals surface area contributed by atoms with Crippen molar-refractivity contribution in [2.75, 3.05) is 19.6 Å². The largest absolute Gasteiger partial charge is 0.461 e. The van der Waals surface area contributed by atoms with Crippen LogP contribution in [0.3, 0.4) is 0 Å². The quantitative estimate of drug-likeness (QED) is 0.122. The van der Waals surface area contributed by atoms with Crippen LogP contribution in [0.1, 0.15) is 309 Å². The van der Waals surface area contributed by atoms with Gasteiger partial charge in [-0.05, 0) is 275 Å². The third-order valence-electron chi connectivity index (χ3n) is 24.7. The average Bonchev–Trinajstić information content (AvgIpc) is 1.63. The van der Waals surface area contributed by atoms with Gasteiger partial charge in [0.1, 0.15) is 45.4 Å². The Kier molecular flexibility index (Phi) is 26.2. The Labute approximate surface area is 697 Å². The normalized spacial score (nSPS) is 14.0. The summed E-state index contributed by atoms with van der Waals surface area (Å²) in [5.41, 5.74) is 25.6. The minimum Gasteiger partial charge on any atom is -0.461 e. The summed E-state index contributed by atoms with van der Waals surface area (Å²) in [6, 6.07) is 59.2. The summed E-state index contributed by atoms with van der Waals surface area (Å²) in [5, 5.41) is 13.0. The van der Waals surface area contributed by atoms with Gasteiger partial charge in [0.15, 0.2) is 5.82 Å². The van der Waals surface area contributed by atoms with Gasteiger partial charge in [-0.2, -0.15) is 0 Å². The van der Waals surface area contributed by atoms with Crippen molar-refractivity contribution in [1.82, 2.24) is 19.8 Å². The maximum atomic E-state index is 14.3. The van der Waals surface area contributed by atoms with Gasteiger partial charge < -0.3 is 27.6 Å². The van der Waals surface area contributed by atoms with E-state index in [1.54, 1.807) is 33.9 Å². The third-order valence-corrected chi connectivity index (χ3v) is 24.7. The number of aryl methyl sites for hydroxylation is 1. The van der Waals surface area contributed by atoms with Crippen LogP contribution in [0, 0.1) is 18.7 Å². The van der Waals surface area contributed by atoms with Gasteiger partial charge >= 0.3 is 0 Å². The Morgan fingerprint density at radius 1 is 0.342 bits per heavy atom. The zero-order valence-corrected chi connectivity index (χ0v) is 75.0. The summed E-state index contributed by atoms with van der Waals surface area (Å²) in [6.07, 6.45) is 7.23. The number of hydrogen-bond donors (Lipinski definition) is 1. The molecule has 15 aromatic rings. The number of furan rings is 4. The Bertz CT molecular complexity index is 5620. The molecule has 0 unspecified atom stereocenters.